The van der Waals surface area contributed by atoms with Gasteiger partial charge in [0.2, 0.25) is 0 Å². The lowest BCUT2D eigenvalue weighted by Gasteiger charge is -2.31. The molecule has 32 heavy (non-hydrogen) atoms. The van der Waals surface area contributed by atoms with Crippen LogP contribution in [0.2, 0.25) is 0 Å². The van der Waals surface area contributed by atoms with E-state index in [1.54, 1.807) is 0 Å². The molecule has 2 atom stereocenters. The van der Waals surface area contributed by atoms with E-state index in [2.05, 4.69) is 31.2 Å². The molecule has 0 saturated heterocycles. The summed E-state index contributed by atoms with van der Waals surface area (Å²) in [5, 5.41) is 0. The Balaban J connectivity index is 1.37. The molecule has 0 N–H and O–H groups in total. The van der Waals surface area contributed by atoms with Gasteiger partial charge in [-0.05, 0) is 80.9 Å². The van der Waals surface area contributed by atoms with Crippen molar-refractivity contribution < 1.29 is 14.3 Å². The van der Waals surface area contributed by atoms with E-state index >= 15 is 0 Å². The highest BCUT2D eigenvalue weighted by atomic mass is 16.5. The van der Waals surface area contributed by atoms with Gasteiger partial charge < -0.3 is 4.74 Å². The van der Waals surface area contributed by atoms with Crippen molar-refractivity contribution in [3.8, 4) is 5.75 Å². The van der Waals surface area contributed by atoms with E-state index in [0.29, 0.717) is 37.2 Å². The van der Waals surface area contributed by atoms with E-state index in [9.17, 15) is 9.59 Å². The summed E-state index contributed by atoms with van der Waals surface area (Å²) in [5.41, 5.74) is 1.39. The van der Waals surface area contributed by atoms with Crippen molar-refractivity contribution in [1.29, 1.82) is 0 Å². The van der Waals surface area contributed by atoms with Gasteiger partial charge >= 0.3 is 0 Å². The van der Waals surface area contributed by atoms with Crippen LogP contribution >= 0.6 is 0 Å². The molecule has 0 heterocycles. The van der Waals surface area contributed by atoms with Crippen LogP contribution < -0.4 is 4.74 Å². The van der Waals surface area contributed by atoms with Crippen LogP contribution in [-0.2, 0) is 9.59 Å². The van der Waals surface area contributed by atoms with Crippen LogP contribution in [0.5, 0.6) is 5.75 Å². The minimum atomic E-state index is -0.296. The van der Waals surface area contributed by atoms with E-state index in [1.807, 2.05) is 6.92 Å². The second kappa shape index (κ2) is 13.2. The molecular formula is C29H44O3. The summed E-state index contributed by atoms with van der Waals surface area (Å²) in [4.78, 5) is 25.6. The number of ketones is 2. The van der Waals surface area contributed by atoms with E-state index < -0.39 is 0 Å². The van der Waals surface area contributed by atoms with Gasteiger partial charge in [0.15, 0.2) is 0 Å². The maximum Gasteiger partial charge on any atom is 0.143 e. The van der Waals surface area contributed by atoms with Gasteiger partial charge in [0, 0.05) is 12.8 Å². The monoisotopic (exact) mass is 440 g/mol. The van der Waals surface area contributed by atoms with E-state index in [4.69, 9.17) is 4.74 Å². The number of hydrogen-bond donors (Lipinski definition) is 0. The highest BCUT2D eigenvalue weighted by Crippen LogP contribution is 2.39. The Morgan fingerprint density at radius 1 is 0.875 bits per heavy atom. The Labute approximate surface area is 195 Å². The van der Waals surface area contributed by atoms with Crippen LogP contribution in [0.1, 0.15) is 115 Å². The third kappa shape index (κ3) is 7.46. The zero-order valence-electron chi connectivity index (χ0n) is 20.5. The number of unbranched alkanes of at least 4 members (excludes halogenated alkanes) is 4. The molecule has 1 aromatic carbocycles. The summed E-state index contributed by atoms with van der Waals surface area (Å²) in [5.74, 6) is 2.69. The van der Waals surface area contributed by atoms with Gasteiger partial charge in [-0.2, -0.15) is 0 Å². The van der Waals surface area contributed by atoms with Crippen molar-refractivity contribution in [3.05, 3.63) is 29.8 Å². The molecule has 2 aliphatic carbocycles. The fourth-order valence-corrected chi connectivity index (χ4v) is 5.85. The van der Waals surface area contributed by atoms with Gasteiger partial charge in [-0.15, -0.1) is 0 Å². The summed E-state index contributed by atoms with van der Waals surface area (Å²) >= 11 is 0. The third-order valence-electron chi connectivity index (χ3n) is 7.85. The lowest BCUT2D eigenvalue weighted by Crippen LogP contribution is -2.32. The first-order valence-electron chi connectivity index (χ1n) is 13.4. The Kier molecular flexibility index (Phi) is 10.3. The van der Waals surface area contributed by atoms with E-state index in [0.717, 1.165) is 44.3 Å². The van der Waals surface area contributed by atoms with Crippen molar-refractivity contribution in [2.45, 2.75) is 110 Å². The second-order valence-corrected chi connectivity index (χ2v) is 10.3. The first-order valence-corrected chi connectivity index (χ1v) is 13.4. The second-order valence-electron chi connectivity index (χ2n) is 10.3. The van der Waals surface area contributed by atoms with Gasteiger partial charge in [-0.1, -0.05) is 57.6 Å². The van der Waals surface area contributed by atoms with Crippen LogP contribution in [-0.4, -0.2) is 18.2 Å². The number of Topliss-reactive ketones (excluding diaryl/α,β-unsaturated/α-hetero) is 2. The van der Waals surface area contributed by atoms with Crippen LogP contribution in [0.25, 0.3) is 0 Å². The van der Waals surface area contributed by atoms with Gasteiger partial charge in [0.25, 0.3) is 0 Å². The van der Waals surface area contributed by atoms with Gasteiger partial charge in [-0.25, -0.2) is 0 Å². The number of ether oxygens (including phenoxy) is 1. The predicted molar refractivity (Wildman–Crippen MR) is 131 cm³/mol. The van der Waals surface area contributed by atoms with Crippen LogP contribution in [0.3, 0.4) is 0 Å². The average Bonchev–Trinajstić information content (AvgIpc) is 2.80. The first kappa shape index (κ1) is 25.0. The van der Waals surface area contributed by atoms with Crippen LogP contribution in [0.15, 0.2) is 24.3 Å². The number of benzene rings is 1. The molecule has 178 valence electrons. The highest BCUT2D eigenvalue weighted by Gasteiger charge is 2.34. The van der Waals surface area contributed by atoms with Gasteiger partial charge in [0.1, 0.15) is 17.3 Å². The molecule has 3 rings (SSSR count). The molecule has 2 saturated carbocycles. The molecule has 2 fully saturated rings. The molecule has 2 aliphatic rings. The molecule has 2 unspecified atom stereocenters. The van der Waals surface area contributed by atoms with Crippen molar-refractivity contribution >= 4 is 11.6 Å². The largest absolute Gasteiger partial charge is 0.494 e. The average molecular weight is 441 g/mol. The molecule has 0 amide bonds. The number of carbonyl (C=O) groups excluding carboxylic acids is 2. The summed E-state index contributed by atoms with van der Waals surface area (Å²) in [6.45, 7) is 4.94. The van der Waals surface area contributed by atoms with Crippen molar-refractivity contribution in [1.82, 2.24) is 0 Å². The molecule has 1 aromatic rings. The predicted octanol–water partition coefficient (Wildman–Crippen LogP) is 7.66. The van der Waals surface area contributed by atoms with E-state index in [1.165, 1.54) is 44.1 Å². The minimum Gasteiger partial charge on any atom is -0.494 e. The van der Waals surface area contributed by atoms with Gasteiger partial charge in [-0.3, -0.25) is 9.59 Å². The third-order valence-corrected chi connectivity index (χ3v) is 7.85. The normalized spacial score (nSPS) is 26.1. The number of hydrogen-bond acceptors (Lipinski definition) is 3. The van der Waals surface area contributed by atoms with Crippen molar-refractivity contribution in [2.75, 3.05) is 6.61 Å². The lowest BCUT2D eigenvalue weighted by molar-refractivity contribution is -0.136. The topological polar surface area (TPSA) is 43.4 Å². The molecule has 0 spiro atoms. The molecule has 0 aromatic heterocycles. The molecule has 0 aliphatic heterocycles. The first-order chi connectivity index (χ1) is 15.6. The standard InChI is InChI=1S/C29H44O3/c1-3-5-6-7-8-9-22-12-19-27(28(30)20-22)29(31)21-23-10-13-24(14-11-23)25-15-17-26(18-16-25)32-4-2/h15-18,22-24,27H,3-14,19-21H2,1-2H3/t22?,23-,24-,27?. The molecule has 0 bridgehead atoms. The highest BCUT2D eigenvalue weighted by molar-refractivity contribution is 6.02. The maximum atomic E-state index is 12.9. The summed E-state index contributed by atoms with van der Waals surface area (Å²) in [7, 11) is 0. The van der Waals surface area contributed by atoms with Crippen LogP contribution in [0, 0.1) is 17.8 Å². The number of rotatable bonds is 12. The lowest BCUT2D eigenvalue weighted by atomic mass is 9.73. The number of carbonyl (C=O) groups is 2. The van der Waals surface area contributed by atoms with Crippen molar-refractivity contribution in [2.24, 2.45) is 17.8 Å². The zero-order chi connectivity index (χ0) is 22.8. The smallest absolute Gasteiger partial charge is 0.143 e. The van der Waals surface area contributed by atoms with Gasteiger partial charge in [0.05, 0.1) is 12.5 Å². The minimum absolute atomic E-state index is 0.237. The van der Waals surface area contributed by atoms with E-state index in [-0.39, 0.29) is 17.5 Å². The fraction of sp³-hybridized carbons (Fsp3) is 0.724. The summed E-state index contributed by atoms with van der Waals surface area (Å²) in [6.07, 6.45) is 15.3. The Hall–Kier alpha value is -1.64. The molecule has 3 nitrogen and oxygen atoms in total. The van der Waals surface area contributed by atoms with Crippen LogP contribution in [0.4, 0.5) is 0 Å². The quantitative estimate of drug-likeness (QED) is 0.247. The maximum absolute atomic E-state index is 12.9. The zero-order valence-corrected chi connectivity index (χ0v) is 20.5. The SMILES string of the molecule is CCCCCCCC1CCC(C(=O)C[C@H]2CC[C@H](c3ccc(OCC)cc3)CC2)C(=O)C1. The summed E-state index contributed by atoms with van der Waals surface area (Å²) < 4.78 is 5.55. The fourth-order valence-electron chi connectivity index (χ4n) is 5.85. The Bertz CT molecular complexity index is 700. The molecule has 3 heteroatoms. The molecule has 0 radical (unpaired) electrons. The summed E-state index contributed by atoms with van der Waals surface area (Å²) in [6, 6.07) is 8.54. The Morgan fingerprint density at radius 3 is 2.22 bits per heavy atom. The Morgan fingerprint density at radius 2 is 1.56 bits per heavy atom. The molecular weight excluding hydrogens is 396 g/mol. The van der Waals surface area contributed by atoms with Crippen molar-refractivity contribution in [3.63, 3.8) is 0 Å².